The Hall–Kier alpha value is -5.14. The molecule has 0 atom stereocenters. The van der Waals surface area contributed by atoms with Crippen molar-refractivity contribution in [1.82, 2.24) is 15.8 Å². The minimum absolute atomic E-state index is 0.00838. The van der Waals surface area contributed by atoms with Crippen LogP contribution >= 0.6 is 0 Å². The van der Waals surface area contributed by atoms with Gasteiger partial charge in [-0.25, -0.2) is 0 Å². The summed E-state index contributed by atoms with van der Waals surface area (Å²) in [5, 5.41) is 26.6. The van der Waals surface area contributed by atoms with Crippen molar-refractivity contribution in [2.24, 2.45) is 5.10 Å². The molecule has 0 radical (unpaired) electrons. The van der Waals surface area contributed by atoms with Crippen molar-refractivity contribution >= 4 is 34.6 Å². The summed E-state index contributed by atoms with van der Waals surface area (Å²) in [6, 6.07) is 6.16. The first kappa shape index (κ1) is 24.0. The van der Waals surface area contributed by atoms with Gasteiger partial charge in [0.15, 0.2) is 5.76 Å². The van der Waals surface area contributed by atoms with Crippen molar-refractivity contribution in [3.63, 3.8) is 0 Å². The second-order valence-corrected chi connectivity index (χ2v) is 7.74. The van der Waals surface area contributed by atoms with E-state index in [1.807, 2.05) is 0 Å². The van der Waals surface area contributed by atoms with E-state index in [9.17, 15) is 29.8 Å². The lowest BCUT2D eigenvalue weighted by Gasteiger charge is -2.13. The molecule has 3 N–H and O–H groups in total. The number of hydrogen-bond acceptors (Lipinski definition) is 10. The summed E-state index contributed by atoms with van der Waals surface area (Å²) in [6.07, 6.45) is 4.59. The maximum absolute atomic E-state index is 12.7. The van der Waals surface area contributed by atoms with Crippen molar-refractivity contribution in [1.29, 1.82) is 0 Å². The van der Waals surface area contributed by atoms with Gasteiger partial charge in [0.2, 0.25) is 0 Å². The summed E-state index contributed by atoms with van der Waals surface area (Å²) >= 11 is 0. The fraction of sp³-hybridized carbons (Fsp3) is 0.182. The highest BCUT2D eigenvalue weighted by Crippen LogP contribution is 2.32. The molecule has 0 fully saturated rings. The predicted molar refractivity (Wildman–Crippen MR) is 125 cm³/mol. The van der Waals surface area contributed by atoms with E-state index in [2.05, 4.69) is 26.4 Å². The third-order valence-corrected chi connectivity index (χ3v) is 5.46. The summed E-state index contributed by atoms with van der Waals surface area (Å²) in [6.45, 7) is 1.66. The molecular formula is C22H19N7O7. The molecule has 3 aromatic rings. The molecule has 184 valence electrons. The lowest BCUT2D eigenvalue weighted by molar-refractivity contribution is -0.393. The molecule has 2 aromatic heterocycles. The molecule has 4 rings (SSSR count). The molecule has 0 saturated heterocycles. The number of furan rings is 1. The van der Waals surface area contributed by atoms with Gasteiger partial charge in [-0.2, -0.15) is 5.10 Å². The van der Waals surface area contributed by atoms with E-state index in [4.69, 9.17) is 4.42 Å². The van der Waals surface area contributed by atoms with Gasteiger partial charge in [0.05, 0.1) is 21.6 Å². The van der Waals surface area contributed by atoms with E-state index in [1.165, 1.54) is 30.6 Å². The second kappa shape index (κ2) is 10.0. The monoisotopic (exact) mass is 493 g/mol. The van der Waals surface area contributed by atoms with Crippen LogP contribution < -0.4 is 16.3 Å². The Bertz CT molecular complexity index is 1400. The highest BCUT2D eigenvalue weighted by atomic mass is 16.6. The zero-order valence-corrected chi connectivity index (χ0v) is 18.8. The van der Waals surface area contributed by atoms with Crippen LogP contribution in [0, 0.1) is 27.2 Å². The Morgan fingerprint density at radius 2 is 1.75 bits per heavy atom. The first-order valence-corrected chi connectivity index (χ1v) is 10.6. The smallest absolute Gasteiger partial charge is 0.305 e. The van der Waals surface area contributed by atoms with E-state index in [0.717, 1.165) is 12.1 Å². The number of pyridine rings is 1. The number of carbonyl (C=O) groups is 2. The molecule has 1 aliphatic rings. The summed E-state index contributed by atoms with van der Waals surface area (Å²) in [5.41, 5.74) is 8.18. The van der Waals surface area contributed by atoms with Crippen molar-refractivity contribution < 1.29 is 23.9 Å². The summed E-state index contributed by atoms with van der Waals surface area (Å²) in [5.74, 6) is -0.687. The number of anilines is 1. The van der Waals surface area contributed by atoms with Gasteiger partial charge < -0.3 is 4.42 Å². The molecule has 0 aliphatic heterocycles. The van der Waals surface area contributed by atoms with Crippen LogP contribution in [0.25, 0.3) is 0 Å². The first-order valence-electron chi connectivity index (χ1n) is 10.6. The standard InChI is InChI=1S/C22H19N7O7/c1-12-19-16(25-24-15-6-5-14(28(32)33)11-17(15)29(34)35)3-2-4-18(19)36-20(12)22(31)27-26-21(30)13-7-9-23-10-8-13/h5-11,24H,2-4H2,1H3,(H,26,30)(H,27,31)/b25-16+. The number of nitrogens with zero attached hydrogens (tertiary/aromatic N) is 4. The topological polar surface area (TPSA) is 195 Å². The number of amides is 2. The number of fused-ring (bicyclic) bond motifs is 1. The van der Waals surface area contributed by atoms with Gasteiger partial charge in [-0.1, -0.05) is 0 Å². The minimum Gasteiger partial charge on any atom is -0.455 e. The van der Waals surface area contributed by atoms with Crippen molar-refractivity contribution in [2.75, 3.05) is 5.43 Å². The van der Waals surface area contributed by atoms with Crippen LogP contribution in [-0.4, -0.2) is 32.4 Å². The van der Waals surface area contributed by atoms with Crippen LogP contribution in [0.4, 0.5) is 17.1 Å². The quantitative estimate of drug-likeness (QED) is 0.341. The van der Waals surface area contributed by atoms with Crippen LogP contribution in [0.5, 0.6) is 0 Å². The van der Waals surface area contributed by atoms with Gasteiger partial charge in [0, 0.05) is 41.6 Å². The van der Waals surface area contributed by atoms with E-state index in [-0.39, 0.29) is 11.4 Å². The number of hydrazine groups is 1. The zero-order chi connectivity index (χ0) is 25.8. The fourth-order valence-electron chi connectivity index (χ4n) is 3.75. The number of carbonyl (C=O) groups excluding carboxylic acids is 2. The fourth-order valence-corrected chi connectivity index (χ4v) is 3.75. The number of nitrogens with one attached hydrogen (secondary N) is 3. The minimum atomic E-state index is -0.742. The number of rotatable bonds is 6. The maximum atomic E-state index is 12.7. The maximum Gasteiger partial charge on any atom is 0.305 e. The predicted octanol–water partition coefficient (Wildman–Crippen LogP) is 3.03. The molecule has 14 heteroatoms. The Labute approximate surface area is 202 Å². The van der Waals surface area contributed by atoms with Gasteiger partial charge in [-0.3, -0.25) is 51.1 Å². The van der Waals surface area contributed by atoms with Gasteiger partial charge >= 0.3 is 11.6 Å². The number of aryl methyl sites for hydroxylation is 1. The third kappa shape index (κ3) is 4.86. The largest absolute Gasteiger partial charge is 0.455 e. The highest BCUT2D eigenvalue weighted by Gasteiger charge is 2.28. The number of nitro benzene ring substituents is 2. The SMILES string of the molecule is Cc1c(C(=O)NNC(=O)c2ccncc2)oc2c1/C(=N/Nc1ccc([N+](=O)[O-])cc1[N+](=O)[O-])CCC2. The van der Waals surface area contributed by atoms with Crippen LogP contribution in [0.3, 0.4) is 0 Å². The van der Waals surface area contributed by atoms with Crippen LogP contribution in [0.2, 0.25) is 0 Å². The molecule has 1 aromatic carbocycles. The van der Waals surface area contributed by atoms with E-state index in [0.29, 0.717) is 47.4 Å². The molecule has 2 amide bonds. The Kier molecular flexibility index (Phi) is 6.67. The summed E-state index contributed by atoms with van der Waals surface area (Å²) in [4.78, 5) is 49.5. The Morgan fingerprint density at radius 1 is 1.03 bits per heavy atom. The lowest BCUT2D eigenvalue weighted by atomic mass is 9.93. The Balaban J connectivity index is 1.55. The van der Waals surface area contributed by atoms with Crippen LogP contribution in [-0.2, 0) is 6.42 Å². The van der Waals surface area contributed by atoms with E-state index < -0.39 is 33.0 Å². The molecule has 14 nitrogen and oxygen atoms in total. The average Bonchev–Trinajstić information content (AvgIpc) is 3.23. The number of aromatic nitrogens is 1. The normalized spacial score (nSPS) is 13.5. The second-order valence-electron chi connectivity index (χ2n) is 7.74. The molecule has 0 unspecified atom stereocenters. The molecular weight excluding hydrogens is 474 g/mol. The number of non-ortho nitro benzene ring substituents is 1. The van der Waals surface area contributed by atoms with Crippen molar-refractivity contribution in [3.8, 4) is 0 Å². The van der Waals surface area contributed by atoms with Crippen LogP contribution in [0.15, 0.2) is 52.2 Å². The number of hydrazone groups is 1. The first-order chi connectivity index (χ1) is 17.3. The zero-order valence-electron chi connectivity index (χ0n) is 18.8. The molecule has 0 spiro atoms. The van der Waals surface area contributed by atoms with Crippen molar-refractivity contribution in [2.45, 2.75) is 26.2 Å². The summed E-state index contributed by atoms with van der Waals surface area (Å²) < 4.78 is 5.76. The Morgan fingerprint density at radius 3 is 2.44 bits per heavy atom. The number of benzene rings is 1. The lowest BCUT2D eigenvalue weighted by Crippen LogP contribution is -2.41. The molecule has 0 saturated carbocycles. The van der Waals surface area contributed by atoms with Gasteiger partial charge in [0.25, 0.3) is 11.6 Å². The molecule has 36 heavy (non-hydrogen) atoms. The van der Waals surface area contributed by atoms with E-state index >= 15 is 0 Å². The molecule has 0 bridgehead atoms. The van der Waals surface area contributed by atoms with Crippen LogP contribution in [0.1, 0.15) is 50.6 Å². The molecule has 1 aliphatic carbocycles. The van der Waals surface area contributed by atoms with E-state index in [1.54, 1.807) is 6.92 Å². The molecule has 2 heterocycles. The van der Waals surface area contributed by atoms with Crippen molar-refractivity contribution in [3.05, 3.63) is 91.2 Å². The highest BCUT2D eigenvalue weighted by molar-refractivity contribution is 6.07. The van der Waals surface area contributed by atoms with Gasteiger partial charge in [0.1, 0.15) is 11.4 Å². The number of hydrogen-bond donors (Lipinski definition) is 3. The third-order valence-electron chi connectivity index (χ3n) is 5.46. The number of nitro groups is 2. The average molecular weight is 493 g/mol. The van der Waals surface area contributed by atoms with Gasteiger partial charge in [-0.15, -0.1) is 0 Å². The summed E-state index contributed by atoms with van der Waals surface area (Å²) in [7, 11) is 0. The van der Waals surface area contributed by atoms with Gasteiger partial charge in [-0.05, 0) is 38.0 Å².